The molecule has 5 heteroatoms. The molecule has 0 unspecified atom stereocenters. The molecule has 0 aliphatic carbocycles. The first-order chi connectivity index (χ1) is 16.2. The summed E-state index contributed by atoms with van der Waals surface area (Å²) < 4.78 is 2.18. The molecule has 1 heterocycles. The van der Waals surface area contributed by atoms with E-state index in [1.807, 2.05) is 54.6 Å². The molecule has 0 atom stereocenters. The van der Waals surface area contributed by atoms with Crippen LogP contribution >= 0.6 is 11.6 Å². The van der Waals surface area contributed by atoms with Gasteiger partial charge in [-0.15, -0.1) is 4.57 Å². The van der Waals surface area contributed by atoms with Gasteiger partial charge in [0.1, 0.15) is 5.52 Å². The normalized spacial score (nSPS) is 11.3. The topological polar surface area (TPSA) is 54.8 Å². The van der Waals surface area contributed by atoms with Crippen molar-refractivity contribution in [1.82, 2.24) is 4.98 Å². The van der Waals surface area contributed by atoms with E-state index in [9.17, 15) is 0 Å². The van der Waals surface area contributed by atoms with Crippen molar-refractivity contribution in [2.24, 2.45) is 0 Å². The first kappa shape index (κ1) is 19.5. The molecule has 0 radical (unpaired) electrons. The lowest BCUT2D eigenvalue weighted by molar-refractivity contribution is -0.538. The summed E-state index contributed by atoms with van der Waals surface area (Å²) in [7, 11) is 0. The van der Waals surface area contributed by atoms with Crippen molar-refractivity contribution in [3.8, 4) is 5.69 Å². The highest BCUT2D eigenvalue weighted by Gasteiger charge is 2.24. The maximum absolute atomic E-state index is 6.64. The van der Waals surface area contributed by atoms with Gasteiger partial charge in [0.05, 0.1) is 10.7 Å². The van der Waals surface area contributed by atoms with E-state index in [1.165, 1.54) is 0 Å². The zero-order valence-electron chi connectivity index (χ0n) is 17.7. The Bertz CT molecular complexity index is 1650. The van der Waals surface area contributed by atoms with Crippen LogP contribution < -0.4 is 15.6 Å². The van der Waals surface area contributed by atoms with Crippen LogP contribution in [0.5, 0.6) is 0 Å². The summed E-state index contributed by atoms with van der Waals surface area (Å²) in [5, 5.41) is 6.27. The summed E-state index contributed by atoms with van der Waals surface area (Å²) in [6.07, 6.45) is 0. The van der Waals surface area contributed by atoms with E-state index in [0.29, 0.717) is 10.7 Å². The van der Waals surface area contributed by atoms with Gasteiger partial charge in [-0.3, -0.25) is 0 Å². The highest BCUT2D eigenvalue weighted by Crippen LogP contribution is 2.34. The average Bonchev–Trinajstić information content (AvgIpc) is 2.84. The third-order valence-electron chi connectivity index (χ3n) is 5.83. The maximum Gasteiger partial charge on any atom is 0.241 e. The fourth-order valence-electron chi connectivity index (χ4n) is 4.40. The van der Waals surface area contributed by atoms with Crippen LogP contribution in [-0.4, -0.2) is 4.98 Å². The van der Waals surface area contributed by atoms with Crippen LogP contribution in [0.2, 0.25) is 5.02 Å². The number of aromatic nitrogens is 2. The molecule has 6 aromatic rings. The van der Waals surface area contributed by atoms with Gasteiger partial charge in [0.25, 0.3) is 0 Å². The number of para-hydroxylation sites is 2. The Balaban J connectivity index is 1.79. The molecule has 158 valence electrons. The fourth-order valence-corrected chi connectivity index (χ4v) is 4.66. The van der Waals surface area contributed by atoms with E-state index in [1.54, 1.807) is 6.07 Å². The van der Waals surface area contributed by atoms with Crippen LogP contribution in [0.4, 0.5) is 17.1 Å². The van der Waals surface area contributed by atoms with Crippen LogP contribution in [0.25, 0.3) is 38.5 Å². The molecular weight excluding hydrogens is 428 g/mol. The van der Waals surface area contributed by atoms with E-state index in [4.69, 9.17) is 22.3 Å². The van der Waals surface area contributed by atoms with Crippen LogP contribution in [0.3, 0.4) is 0 Å². The number of anilines is 3. The van der Waals surface area contributed by atoms with Gasteiger partial charge in [-0.1, -0.05) is 72.3 Å². The number of rotatable bonds is 3. The molecular formula is C28H20ClN4+. The number of hydrogen-bond acceptors (Lipinski definition) is 3. The van der Waals surface area contributed by atoms with Crippen molar-refractivity contribution in [1.29, 1.82) is 0 Å². The smallest absolute Gasteiger partial charge is 0.241 e. The number of hydrogen-bond donors (Lipinski definition) is 2. The molecule has 0 amide bonds. The molecule has 0 fully saturated rings. The van der Waals surface area contributed by atoms with E-state index in [0.717, 1.165) is 49.9 Å². The summed E-state index contributed by atoms with van der Waals surface area (Å²) >= 11 is 6.64. The maximum atomic E-state index is 6.64. The lowest BCUT2D eigenvalue weighted by Crippen LogP contribution is -2.33. The van der Waals surface area contributed by atoms with E-state index >= 15 is 0 Å². The summed E-state index contributed by atoms with van der Waals surface area (Å²) in [4.78, 5) is 5.04. The Labute approximate surface area is 195 Å². The minimum absolute atomic E-state index is 0.534. The minimum atomic E-state index is 0.534. The largest absolute Gasteiger partial charge is 0.398 e. The SMILES string of the molecule is Nc1cc(Cl)c2nc3c4ccccc4c(Nc4ccccc4)cc3[n+](-c3ccccc3)c2c1. The number of nitrogen functional groups attached to an aromatic ring is 1. The number of fused-ring (bicyclic) bond motifs is 4. The number of benzene rings is 5. The molecule has 0 saturated heterocycles. The van der Waals surface area contributed by atoms with Gasteiger partial charge in [0, 0.05) is 46.4 Å². The zero-order chi connectivity index (χ0) is 22.4. The second kappa shape index (κ2) is 7.76. The molecule has 0 bridgehead atoms. The molecule has 33 heavy (non-hydrogen) atoms. The van der Waals surface area contributed by atoms with Gasteiger partial charge >= 0.3 is 0 Å². The number of nitrogens with one attached hydrogen (secondary N) is 1. The molecule has 5 aromatic carbocycles. The summed E-state index contributed by atoms with van der Waals surface area (Å²) in [6, 6.07) is 34.5. The van der Waals surface area contributed by atoms with Gasteiger partial charge < -0.3 is 11.1 Å². The quantitative estimate of drug-likeness (QED) is 0.136. The third-order valence-corrected chi connectivity index (χ3v) is 6.12. The van der Waals surface area contributed by atoms with Crippen molar-refractivity contribution < 1.29 is 4.57 Å². The predicted molar refractivity (Wildman–Crippen MR) is 137 cm³/mol. The summed E-state index contributed by atoms with van der Waals surface area (Å²) in [5.41, 5.74) is 13.3. The molecule has 0 aliphatic rings. The number of halogens is 1. The molecule has 3 N–H and O–H groups in total. The molecule has 0 saturated carbocycles. The first-order valence-electron chi connectivity index (χ1n) is 10.7. The first-order valence-corrected chi connectivity index (χ1v) is 11.1. The molecule has 4 nitrogen and oxygen atoms in total. The third kappa shape index (κ3) is 3.32. The van der Waals surface area contributed by atoms with Crippen LogP contribution in [-0.2, 0) is 0 Å². The van der Waals surface area contributed by atoms with Crippen LogP contribution in [0.15, 0.2) is 103 Å². The van der Waals surface area contributed by atoms with Gasteiger partial charge in [-0.25, -0.2) is 4.98 Å². The standard InChI is InChI=1S/C28H19ClN4/c29-23-15-18(30)16-25-28(23)32-27-22-14-8-7-13-21(22)24(31-19-9-3-1-4-10-19)17-26(27)33(25)20-11-5-2-6-12-20/h1-17H,(H2,30,31)/p+1. The monoisotopic (exact) mass is 447 g/mol. The average molecular weight is 448 g/mol. The second-order valence-electron chi connectivity index (χ2n) is 7.98. The highest BCUT2D eigenvalue weighted by atomic mass is 35.5. The lowest BCUT2D eigenvalue weighted by Gasteiger charge is -2.13. The molecule has 1 aromatic heterocycles. The minimum Gasteiger partial charge on any atom is -0.398 e. The molecule has 0 aliphatic heterocycles. The molecule has 6 rings (SSSR count). The van der Waals surface area contributed by atoms with Crippen LogP contribution in [0.1, 0.15) is 0 Å². The van der Waals surface area contributed by atoms with Crippen molar-refractivity contribution in [3.63, 3.8) is 0 Å². The zero-order valence-corrected chi connectivity index (χ0v) is 18.4. The summed E-state index contributed by atoms with van der Waals surface area (Å²) in [6.45, 7) is 0. The Hall–Kier alpha value is -4.15. The highest BCUT2D eigenvalue weighted by molar-refractivity contribution is 6.35. The van der Waals surface area contributed by atoms with E-state index in [2.05, 4.69) is 52.3 Å². The lowest BCUT2D eigenvalue weighted by atomic mass is 10.0. The van der Waals surface area contributed by atoms with Crippen molar-refractivity contribution in [2.75, 3.05) is 11.1 Å². The second-order valence-corrected chi connectivity index (χ2v) is 8.39. The van der Waals surface area contributed by atoms with Crippen molar-refractivity contribution >= 4 is 61.5 Å². The fraction of sp³-hybridized carbons (Fsp3) is 0. The Morgan fingerprint density at radius 1 is 0.697 bits per heavy atom. The Kier molecular flexibility index (Phi) is 4.60. The van der Waals surface area contributed by atoms with Crippen LogP contribution in [0, 0.1) is 0 Å². The van der Waals surface area contributed by atoms with E-state index < -0.39 is 0 Å². The Morgan fingerprint density at radius 2 is 1.33 bits per heavy atom. The van der Waals surface area contributed by atoms with Gasteiger partial charge in [-0.05, 0) is 18.2 Å². The van der Waals surface area contributed by atoms with Gasteiger partial charge in [0.2, 0.25) is 16.7 Å². The van der Waals surface area contributed by atoms with Crippen molar-refractivity contribution in [2.45, 2.75) is 0 Å². The molecule has 0 spiro atoms. The number of nitrogens with two attached hydrogens (primary N) is 1. The Morgan fingerprint density at radius 3 is 2.09 bits per heavy atom. The summed E-state index contributed by atoms with van der Waals surface area (Å²) in [5.74, 6) is 0. The number of nitrogens with zero attached hydrogens (tertiary/aromatic N) is 2. The van der Waals surface area contributed by atoms with Gasteiger partial charge in [0.15, 0.2) is 5.52 Å². The van der Waals surface area contributed by atoms with Crippen molar-refractivity contribution in [3.05, 3.63) is 108 Å². The van der Waals surface area contributed by atoms with E-state index in [-0.39, 0.29) is 0 Å². The van der Waals surface area contributed by atoms with Gasteiger partial charge in [-0.2, -0.15) is 0 Å². The predicted octanol–water partition coefficient (Wildman–Crippen LogP) is 6.80.